The van der Waals surface area contributed by atoms with Crippen LogP contribution in [0.5, 0.6) is 0 Å². The lowest BCUT2D eigenvalue weighted by Gasteiger charge is -2.03. The topological polar surface area (TPSA) is 36.9 Å². The van der Waals surface area contributed by atoms with Gasteiger partial charge in [-0.2, -0.15) is 5.26 Å². The lowest BCUT2D eigenvalue weighted by atomic mass is 10.1. The van der Waals surface area contributed by atoms with E-state index in [9.17, 15) is 5.26 Å². The molecule has 25 heavy (non-hydrogen) atoms. The molecule has 1 aromatic heterocycles. The zero-order valence-electron chi connectivity index (χ0n) is 12.6. The summed E-state index contributed by atoms with van der Waals surface area (Å²) in [4.78, 5) is 0. The molecule has 0 aliphatic heterocycles. The highest BCUT2D eigenvalue weighted by atomic mass is 35.5. The van der Waals surface area contributed by atoms with Gasteiger partial charge in [0.05, 0.1) is 16.7 Å². The van der Waals surface area contributed by atoms with Crippen molar-refractivity contribution in [2.75, 3.05) is 0 Å². The van der Waals surface area contributed by atoms with Gasteiger partial charge in [-0.25, -0.2) is 0 Å². The first-order valence-corrected chi connectivity index (χ1v) is 8.61. The molecule has 1 heterocycles. The maximum absolute atomic E-state index is 9.44. The highest BCUT2D eigenvalue weighted by Crippen LogP contribution is 2.31. The normalized spacial score (nSPS) is 11.4. The Morgan fingerprint density at radius 1 is 0.880 bits per heavy atom. The molecule has 0 aliphatic carbocycles. The number of halogens is 4. The third kappa shape index (κ3) is 4.21. The van der Waals surface area contributed by atoms with Crippen molar-refractivity contribution in [2.24, 2.45) is 0 Å². The van der Waals surface area contributed by atoms with Gasteiger partial charge in [-0.05, 0) is 48.5 Å². The van der Waals surface area contributed by atoms with Crippen LogP contribution < -0.4 is 0 Å². The Kier molecular flexibility index (Phi) is 5.42. The predicted molar refractivity (Wildman–Crippen MR) is 104 cm³/mol. The monoisotopic (exact) mass is 407 g/mol. The van der Waals surface area contributed by atoms with E-state index in [4.69, 9.17) is 50.8 Å². The van der Waals surface area contributed by atoms with Crippen LogP contribution in [0.15, 0.2) is 52.9 Å². The molecule has 0 fully saturated rings. The van der Waals surface area contributed by atoms with Crippen LogP contribution in [0.3, 0.4) is 0 Å². The van der Waals surface area contributed by atoms with E-state index < -0.39 is 0 Å². The van der Waals surface area contributed by atoms with Gasteiger partial charge in [-0.3, -0.25) is 0 Å². The molecule has 0 atom stereocenters. The van der Waals surface area contributed by atoms with Gasteiger partial charge in [0.2, 0.25) is 0 Å². The molecule has 3 rings (SSSR count). The summed E-state index contributed by atoms with van der Waals surface area (Å²) in [6.45, 7) is 0. The minimum atomic E-state index is 0.367. The van der Waals surface area contributed by atoms with Gasteiger partial charge in [0.1, 0.15) is 11.5 Å². The second kappa shape index (κ2) is 7.56. The average molecular weight is 409 g/mol. The molecule has 0 N–H and O–H groups in total. The summed E-state index contributed by atoms with van der Waals surface area (Å²) in [7, 11) is 0. The highest BCUT2D eigenvalue weighted by molar-refractivity contribution is 6.36. The summed E-state index contributed by atoms with van der Waals surface area (Å²) in [5.41, 5.74) is 1.70. The van der Waals surface area contributed by atoms with E-state index >= 15 is 0 Å². The fourth-order valence-corrected chi connectivity index (χ4v) is 3.34. The van der Waals surface area contributed by atoms with Gasteiger partial charge >= 0.3 is 0 Å². The number of rotatable bonds is 3. The van der Waals surface area contributed by atoms with Gasteiger partial charge in [-0.1, -0.05) is 52.5 Å². The molecule has 2 nitrogen and oxygen atoms in total. The molecule has 6 heteroatoms. The molecular weight excluding hydrogens is 400 g/mol. The molecule has 0 amide bonds. The number of hydrogen-bond donors (Lipinski definition) is 0. The van der Waals surface area contributed by atoms with Crippen LogP contribution in [0.4, 0.5) is 0 Å². The third-order valence-electron chi connectivity index (χ3n) is 3.40. The molecule has 0 bridgehead atoms. The highest BCUT2D eigenvalue weighted by Gasteiger charge is 2.10. The Bertz CT molecular complexity index is 994. The fourth-order valence-electron chi connectivity index (χ4n) is 2.30. The fraction of sp³-hybridized carbons (Fsp3) is 0. The molecule has 3 aromatic rings. The van der Waals surface area contributed by atoms with Crippen LogP contribution in [0, 0.1) is 11.3 Å². The van der Waals surface area contributed by atoms with Crippen molar-refractivity contribution < 1.29 is 4.42 Å². The summed E-state index contributed by atoms with van der Waals surface area (Å²) in [5, 5.41) is 11.4. The van der Waals surface area contributed by atoms with Crippen LogP contribution in [0.25, 0.3) is 23.0 Å². The molecule has 0 unspecified atom stereocenters. The number of nitriles is 1. The SMILES string of the molecule is N#C/C(=C\c1ccc(-c2cc(Cl)cc(Cl)c2)o1)c1ccc(Cl)cc1Cl. The second-order valence-corrected chi connectivity index (χ2v) is 6.87. The molecular formula is C19H9Cl4NO. The zero-order chi connectivity index (χ0) is 18.0. The first-order valence-electron chi connectivity index (χ1n) is 7.10. The number of nitrogens with zero attached hydrogens (tertiary/aromatic N) is 1. The maximum atomic E-state index is 9.44. The Balaban J connectivity index is 1.98. The van der Waals surface area contributed by atoms with Crippen molar-refractivity contribution in [3.8, 4) is 17.4 Å². The first-order chi connectivity index (χ1) is 12.0. The molecule has 0 radical (unpaired) electrons. The minimum Gasteiger partial charge on any atom is -0.457 e. The largest absolute Gasteiger partial charge is 0.457 e. The molecule has 124 valence electrons. The number of hydrogen-bond acceptors (Lipinski definition) is 2. The predicted octanol–water partition coefficient (Wildman–Crippen LogP) is 7.62. The van der Waals surface area contributed by atoms with Crippen LogP contribution in [-0.4, -0.2) is 0 Å². The van der Waals surface area contributed by atoms with E-state index in [0.717, 1.165) is 5.56 Å². The Morgan fingerprint density at radius 3 is 2.24 bits per heavy atom. The van der Waals surface area contributed by atoms with Crippen molar-refractivity contribution in [1.29, 1.82) is 5.26 Å². The smallest absolute Gasteiger partial charge is 0.134 e. The third-order valence-corrected chi connectivity index (χ3v) is 4.39. The summed E-state index contributed by atoms with van der Waals surface area (Å²) in [6.07, 6.45) is 1.62. The van der Waals surface area contributed by atoms with Gasteiger partial charge in [-0.15, -0.1) is 0 Å². The number of allylic oxidation sites excluding steroid dienone is 1. The number of benzene rings is 2. The van der Waals surface area contributed by atoms with Crippen LogP contribution in [-0.2, 0) is 0 Å². The van der Waals surface area contributed by atoms with E-state index in [1.165, 1.54) is 0 Å². The summed E-state index contributed by atoms with van der Waals surface area (Å²) < 4.78 is 5.78. The van der Waals surface area contributed by atoms with Crippen LogP contribution in [0.2, 0.25) is 20.1 Å². The molecule has 0 spiro atoms. The molecule has 0 aliphatic rings. The lowest BCUT2D eigenvalue weighted by molar-refractivity contribution is 0.572. The summed E-state index contributed by atoms with van der Waals surface area (Å²) in [6, 6.07) is 15.8. The van der Waals surface area contributed by atoms with Crippen molar-refractivity contribution in [3.63, 3.8) is 0 Å². The van der Waals surface area contributed by atoms with Gasteiger partial charge in [0, 0.05) is 26.2 Å². The second-order valence-electron chi connectivity index (χ2n) is 5.15. The quantitative estimate of drug-likeness (QED) is 0.417. The van der Waals surface area contributed by atoms with Gasteiger partial charge in [0.25, 0.3) is 0 Å². The van der Waals surface area contributed by atoms with Crippen molar-refractivity contribution >= 4 is 58.1 Å². The van der Waals surface area contributed by atoms with Gasteiger partial charge in [0.15, 0.2) is 0 Å². The van der Waals surface area contributed by atoms with E-state index in [1.54, 1.807) is 54.6 Å². The summed E-state index contributed by atoms with van der Waals surface area (Å²) in [5.74, 6) is 1.10. The van der Waals surface area contributed by atoms with Crippen molar-refractivity contribution in [1.82, 2.24) is 0 Å². The molecule has 0 saturated carbocycles. The van der Waals surface area contributed by atoms with Crippen LogP contribution >= 0.6 is 46.4 Å². The lowest BCUT2D eigenvalue weighted by Crippen LogP contribution is -1.83. The van der Waals surface area contributed by atoms with Crippen molar-refractivity contribution in [2.45, 2.75) is 0 Å². The average Bonchev–Trinajstić information content (AvgIpc) is 3.01. The number of furan rings is 1. The minimum absolute atomic E-state index is 0.367. The summed E-state index contributed by atoms with van der Waals surface area (Å²) >= 11 is 24.1. The Labute approximate surface area is 164 Å². The standard InChI is InChI=1S/C19H9Cl4NO/c20-13-1-3-17(18(23)9-13)12(10-24)7-16-2-4-19(25-16)11-5-14(21)8-15(22)6-11/h1-9H/b12-7+. The van der Waals surface area contributed by atoms with Crippen molar-refractivity contribution in [3.05, 3.63) is 79.9 Å². The Hall–Kier alpha value is -1.89. The van der Waals surface area contributed by atoms with Gasteiger partial charge < -0.3 is 4.42 Å². The maximum Gasteiger partial charge on any atom is 0.134 e. The van der Waals surface area contributed by atoms with E-state index in [0.29, 0.717) is 42.7 Å². The van der Waals surface area contributed by atoms with E-state index in [1.807, 2.05) is 0 Å². The Morgan fingerprint density at radius 2 is 1.60 bits per heavy atom. The van der Waals surface area contributed by atoms with Crippen LogP contribution in [0.1, 0.15) is 11.3 Å². The van der Waals surface area contributed by atoms with E-state index in [2.05, 4.69) is 6.07 Å². The zero-order valence-corrected chi connectivity index (χ0v) is 15.6. The first kappa shape index (κ1) is 17.9. The molecule has 2 aromatic carbocycles. The van der Waals surface area contributed by atoms with E-state index in [-0.39, 0.29) is 0 Å². The molecule has 0 saturated heterocycles.